The molecule has 16 heteroatoms. The highest BCUT2D eigenvalue weighted by molar-refractivity contribution is 5.97. The molecule has 6 N–H and O–H groups in total. The molecule has 57 heavy (non-hydrogen) atoms. The van der Waals surface area contributed by atoms with E-state index < -0.39 is 77.2 Å². The van der Waals surface area contributed by atoms with Gasteiger partial charge < -0.3 is 41.5 Å². The predicted molar refractivity (Wildman–Crippen MR) is 212 cm³/mol. The highest BCUT2D eigenvalue weighted by Gasteiger charge is 2.47. The first-order valence-electron chi connectivity index (χ1n) is 20.2. The number of likely N-dealkylation sites (tertiary alicyclic amines) is 1. The van der Waals surface area contributed by atoms with E-state index in [1.165, 1.54) is 28.4 Å². The van der Waals surface area contributed by atoms with Crippen LogP contribution in [0.25, 0.3) is 0 Å². The summed E-state index contributed by atoms with van der Waals surface area (Å²) in [5.41, 5.74) is -0.199. The van der Waals surface area contributed by atoms with Crippen LogP contribution in [0.4, 0.5) is 10.5 Å². The zero-order valence-electron chi connectivity index (χ0n) is 33.7. The van der Waals surface area contributed by atoms with Crippen LogP contribution in [-0.2, 0) is 19.2 Å². The molecule has 0 bridgehead atoms. The minimum atomic E-state index is -1.49. The van der Waals surface area contributed by atoms with Crippen molar-refractivity contribution in [2.75, 3.05) is 25.5 Å². The number of nitrogens with zero attached hydrogens (tertiary/aromatic N) is 4. The van der Waals surface area contributed by atoms with Gasteiger partial charge in [0.1, 0.15) is 17.8 Å². The quantitative estimate of drug-likeness (QED) is 0.156. The number of nitrogens with one attached hydrogen (secondary N) is 5. The van der Waals surface area contributed by atoms with Crippen molar-refractivity contribution in [3.05, 3.63) is 54.6 Å². The SMILES string of the molecule is CCC[C@H](NC(=O)[C@@H]1CN(C(=O)Nc2ccccc2)C[C@@H]1N(C)C(=O)C(NC(=O)C(NC(=O)c1cnccn1)C1CCCCC1)C(C)(C)C)C(O)C(=O)NC1CC1. The number of amides is 7. The molecule has 3 fully saturated rings. The third kappa shape index (κ3) is 11.5. The Bertz CT molecular complexity index is 1710. The number of rotatable bonds is 15. The van der Waals surface area contributed by atoms with E-state index in [9.17, 15) is 33.9 Å². The number of benzene rings is 1. The lowest BCUT2D eigenvalue weighted by molar-refractivity contribution is -0.142. The number of likely N-dealkylation sites (N-methyl/N-ethyl adjacent to an activating group) is 1. The first kappa shape index (κ1) is 43.0. The summed E-state index contributed by atoms with van der Waals surface area (Å²) < 4.78 is 0. The number of hydrogen-bond donors (Lipinski definition) is 6. The normalized spacial score (nSPS) is 20.6. The number of anilines is 1. The fourth-order valence-electron chi connectivity index (χ4n) is 7.68. The molecule has 6 atom stereocenters. The second-order valence-corrected chi connectivity index (χ2v) is 16.7. The summed E-state index contributed by atoms with van der Waals surface area (Å²) in [7, 11) is 1.55. The van der Waals surface area contributed by atoms with Gasteiger partial charge in [-0.3, -0.25) is 29.0 Å². The molecular weight excluding hydrogens is 731 g/mol. The third-order valence-corrected chi connectivity index (χ3v) is 11.2. The van der Waals surface area contributed by atoms with Gasteiger partial charge in [0.2, 0.25) is 17.7 Å². The molecule has 0 radical (unpaired) electrons. The molecule has 0 spiro atoms. The molecule has 2 heterocycles. The van der Waals surface area contributed by atoms with Crippen molar-refractivity contribution in [3.8, 4) is 0 Å². The van der Waals surface area contributed by atoms with Gasteiger partial charge in [-0.2, -0.15) is 0 Å². The Balaban J connectivity index is 1.38. The van der Waals surface area contributed by atoms with Crippen LogP contribution >= 0.6 is 0 Å². The molecule has 310 valence electrons. The molecule has 3 aliphatic rings. The van der Waals surface area contributed by atoms with Crippen molar-refractivity contribution in [1.82, 2.24) is 41.0 Å². The van der Waals surface area contributed by atoms with E-state index in [0.717, 1.165) is 44.9 Å². The lowest BCUT2D eigenvalue weighted by atomic mass is 9.82. The third-order valence-electron chi connectivity index (χ3n) is 11.2. The van der Waals surface area contributed by atoms with E-state index in [4.69, 9.17) is 0 Å². The number of carbonyl (C=O) groups is 6. The average Bonchev–Trinajstić information content (AvgIpc) is 3.91. The molecule has 1 aromatic carbocycles. The number of hydrogen-bond acceptors (Lipinski definition) is 9. The lowest BCUT2D eigenvalue weighted by Gasteiger charge is -2.38. The molecule has 7 amide bonds. The number of carbonyl (C=O) groups excluding carboxylic acids is 6. The molecule has 5 rings (SSSR count). The standard InChI is InChI=1S/C41H59N9O7/c1-6-13-29(33(51)38(55)44-27-18-19-27)46-35(52)28-23-50(40(57)45-26-16-11-8-12-17-26)24-31(28)49(5)39(56)34(41(2,3)4)48-37(54)32(25-14-9-7-10-15-25)47-36(53)30-22-42-20-21-43-30/h8,11-12,16-17,20-22,25,27-29,31-34,51H,6-7,9-10,13-15,18-19,23-24H2,1-5H3,(H,44,55)(H,45,57)(H,46,52)(H,47,53)(H,48,54)/t28-,29+,31+,32?,33?,34?/m1/s1. The number of urea groups is 1. The highest BCUT2D eigenvalue weighted by Crippen LogP contribution is 2.30. The maximum Gasteiger partial charge on any atom is 0.321 e. The van der Waals surface area contributed by atoms with Crippen LogP contribution in [0.2, 0.25) is 0 Å². The monoisotopic (exact) mass is 789 g/mol. The maximum atomic E-state index is 14.7. The van der Waals surface area contributed by atoms with E-state index in [1.54, 1.807) is 31.3 Å². The molecular formula is C41H59N9O7. The summed E-state index contributed by atoms with van der Waals surface area (Å²) in [4.78, 5) is 93.8. The predicted octanol–water partition coefficient (Wildman–Crippen LogP) is 2.60. The molecule has 1 aromatic heterocycles. The van der Waals surface area contributed by atoms with E-state index in [1.807, 2.05) is 33.8 Å². The van der Waals surface area contributed by atoms with Crippen LogP contribution in [0.15, 0.2) is 48.9 Å². The van der Waals surface area contributed by atoms with Gasteiger partial charge in [-0.25, -0.2) is 9.78 Å². The van der Waals surface area contributed by atoms with Crippen LogP contribution in [0.3, 0.4) is 0 Å². The van der Waals surface area contributed by atoms with Crippen LogP contribution < -0.4 is 26.6 Å². The molecule has 2 aromatic rings. The first-order chi connectivity index (χ1) is 27.2. The van der Waals surface area contributed by atoms with Gasteiger partial charge in [0.05, 0.1) is 24.2 Å². The van der Waals surface area contributed by atoms with E-state index in [-0.39, 0.29) is 30.7 Å². The molecule has 1 aliphatic heterocycles. The molecule has 2 aliphatic carbocycles. The molecule has 2 saturated carbocycles. The maximum absolute atomic E-state index is 14.7. The van der Waals surface area contributed by atoms with Crippen LogP contribution in [0.5, 0.6) is 0 Å². The molecule has 16 nitrogen and oxygen atoms in total. The van der Waals surface area contributed by atoms with Crippen LogP contribution in [0, 0.1) is 17.3 Å². The summed E-state index contributed by atoms with van der Waals surface area (Å²) in [5.74, 6) is -3.73. The van der Waals surface area contributed by atoms with Gasteiger partial charge in [-0.1, -0.05) is 71.6 Å². The smallest absolute Gasteiger partial charge is 0.321 e. The van der Waals surface area contributed by atoms with Gasteiger partial charge in [0, 0.05) is 44.3 Å². The van der Waals surface area contributed by atoms with Crippen molar-refractivity contribution in [2.45, 2.75) is 122 Å². The second-order valence-electron chi connectivity index (χ2n) is 16.7. The van der Waals surface area contributed by atoms with Gasteiger partial charge >= 0.3 is 6.03 Å². The van der Waals surface area contributed by atoms with Crippen LogP contribution in [-0.4, -0.2) is 117 Å². The Hall–Kier alpha value is -5.12. The van der Waals surface area contributed by atoms with E-state index >= 15 is 0 Å². The Morgan fingerprint density at radius 1 is 0.912 bits per heavy atom. The minimum Gasteiger partial charge on any atom is -0.381 e. The number of aromatic nitrogens is 2. The van der Waals surface area contributed by atoms with Gasteiger partial charge in [-0.05, 0) is 55.6 Å². The molecule has 1 saturated heterocycles. The van der Waals surface area contributed by atoms with E-state index in [2.05, 4.69) is 36.6 Å². The fourth-order valence-corrected chi connectivity index (χ4v) is 7.68. The number of para-hydroxylation sites is 1. The van der Waals surface area contributed by atoms with Crippen molar-refractivity contribution in [3.63, 3.8) is 0 Å². The zero-order chi connectivity index (χ0) is 41.3. The summed E-state index contributed by atoms with van der Waals surface area (Å²) in [6, 6.07) is 4.64. The average molecular weight is 790 g/mol. The highest BCUT2D eigenvalue weighted by atomic mass is 16.3. The van der Waals surface area contributed by atoms with Gasteiger partial charge in [0.25, 0.3) is 11.8 Å². The van der Waals surface area contributed by atoms with Gasteiger partial charge in [-0.15, -0.1) is 0 Å². The number of aliphatic hydroxyl groups excluding tert-OH is 1. The summed E-state index contributed by atoms with van der Waals surface area (Å²) >= 11 is 0. The fraction of sp³-hybridized carbons (Fsp3) is 0.610. The summed E-state index contributed by atoms with van der Waals surface area (Å²) in [6.07, 6.45) is 9.54. The Morgan fingerprint density at radius 2 is 1.61 bits per heavy atom. The number of aliphatic hydroxyl groups is 1. The van der Waals surface area contributed by atoms with Crippen LogP contribution in [0.1, 0.15) is 96.0 Å². The topological polar surface area (TPSA) is 215 Å². The minimum absolute atomic E-state index is 0.00810. The largest absolute Gasteiger partial charge is 0.381 e. The van der Waals surface area contributed by atoms with Crippen molar-refractivity contribution >= 4 is 41.3 Å². The summed E-state index contributed by atoms with van der Waals surface area (Å²) in [5, 5.41) is 25.4. The zero-order valence-corrected chi connectivity index (χ0v) is 33.7. The van der Waals surface area contributed by atoms with E-state index in [0.29, 0.717) is 18.5 Å². The molecule has 3 unspecified atom stereocenters. The first-order valence-corrected chi connectivity index (χ1v) is 20.2. The second kappa shape index (κ2) is 19.4. The Kier molecular flexibility index (Phi) is 14.6. The van der Waals surface area contributed by atoms with Crippen molar-refractivity contribution in [2.24, 2.45) is 17.3 Å². The van der Waals surface area contributed by atoms with Gasteiger partial charge in [0.15, 0.2) is 6.10 Å². The summed E-state index contributed by atoms with van der Waals surface area (Å²) in [6.45, 7) is 7.27. The lowest BCUT2D eigenvalue weighted by Crippen LogP contribution is -2.61. The van der Waals surface area contributed by atoms with Crippen molar-refractivity contribution < 1.29 is 33.9 Å². The Morgan fingerprint density at radius 3 is 2.23 bits per heavy atom. The Labute approximate surface area is 334 Å². The van der Waals surface area contributed by atoms with Crippen molar-refractivity contribution in [1.29, 1.82) is 0 Å².